The maximum absolute atomic E-state index is 11.5. The lowest BCUT2D eigenvalue weighted by Crippen LogP contribution is -2.16. The van der Waals surface area contributed by atoms with Crippen LogP contribution in [0.1, 0.15) is 16.2 Å². The summed E-state index contributed by atoms with van der Waals surface area (Å²) in [5, 5.41) is 8.19. The standard InChI is InChI=1S/C12H7N3O2/c16-10-7-6-9-11(12(10)17)14-15(13-9)8-4-2-1-3-5-8/h1-7H. The lowest BCUT2D eigenvalue weighted by atomic mass is 10.1. The number of ketones is 2. The van der Waals surface area contributed by atoms with E-state index in [0.717, 1.165) is 5.69 Å². The second kappa shape index (κ2) is 3.48. The average molecular weight is 225 g/mol. The molecule has 3 rings (SSSR count). The van der Waals surface area contributed by atoms with Gasteiger partial charge in [0.15, 0.2) is 5.69 Å². The highest BCUT2D eigenvalue weighted by Gasteiger charge is 2.26. The number of allylic oxidation sites excluding steroid dienone is 1. The maximum Gasteiger partial charge on any atom is 0.255 e. The lowest BCUT2D eigenvalue weighted by molar-refractivity contribution is -0.111. The van der Waals surface area contributed by atoms with E-state index >= 15 is 0 Å². The first kappa shape index (κ1) is 9.65. The molecule has 1 heterocycles. The third-order valence-corrected chi connectivity index (χ3v) is 2.46. The third kappa shape index (κ3) is 1.48. The largest absolute Gasteiger partial charge is 0.285 e. The van der Waals surface area contributed by atoms with Crippen LogP contribution in [0.4, 0.5) is 0 Å². The zero-order chi connectivity index (χ0) is 11.8. The van der Waals surface area contributed by atoms with Crippen LogP contribution >= 0.6 is 0 Å². The molecule has 2 aromatic rings. The zero-order valence-corrected chi connectivity index (χ0v) is 8.70. The van der Waals surface area contributed by atoms with Gasteiger partial charge in [-0.1, -0.05) is 18.2 Å². The van der Waals surface area contributed by atoms with Gasteiger partial charge >= 0.3 is 0 Å². The van der Waals surface area contributed by atoms with Gasteiger partial charge in [-0.05, 0) is 24.3 Å². The maximum atomic E-state index is 11.5. The average Bonchev–Trinajstić information content (AvgIpc) is 2.80. The Bertz CT molecular complexity index is 641. The summed E-state index contributed by atoms with van der Waals surface area (Å²) in [4.78, 5) is 24.1. The Kier molecular flexibility index (Phi) is 1.98. The second-order valence-corrected chi connectivity index (χ2v) is 3.59. The van der Waals surface area contributed by atoms with Crippen molar-refractivity contribution in [3.63, 3.8) is 0 Å². The summed E-state index contributed by atoms with van der Waals surface area (Å²) in [6.07, 6.45) is 2.72. The number of para-hydroxylation sites is 1. The highest BCUT2D eigenvalue weighted by Crippen LogP contribution is 2.15. The molecular formula is C12H7N3O2. The minimum Gasteiger partial charge on any atom is -0.285 e. The summed E-state index contributed by atoms with van der Waals surface area (Å²) in [7, 11) is 0. The predicted molar refractivity (Wildman–Crippen MR) is 59.7 cm³/mol. The van der Waals surface area contributed by atoms with Crippen LogP contribution in [0.5, 0.6) is 0 Å². The van der Waals surface area contributed by atoms with Gasteiger partial charge in [-0.25, -0.2) is 0 Å². The normalized spacial score (nSPS) is 13.9. The molecule has 5 heteroatoms. The summed E-state index contributed by atoms with van der Waals surface area (Å²) in [5.74, 6) is -1.16. The topological polar surface area (TPSA) is 64.8 Å². The van der Waals surface area contributed by atoms with Crippen LogP contribution < -0.4 is 0 Å². The van der Waals surface area contributed by atoms with Gasteiger partial charge in [-0.3, -0.25) is 9.59 Å². The highest BCUT2D eigenvalue weighted by molar-refractivity contribution is 6.49. The van der Waals surface area contributed by atoms with Gasteiger partial charge in [0.25, 0.3) is 5.78 Å². The van der Waals surface area contributed by atoms with Crippen molar-refractivity contribution in [2.75, 3.05) is 0 Å². The summed E-state index contributed by atoms with van der Waals surface area (Å²) >= 11 is 0. The number of carbonyl (C=O) groups is 2. The van der Waals surface area contributed by atoms with Gasteiger partial charge in [0.2, 0.25) is 5.78 Å². The summed E-state index contributed by atoms with van der Waals surface area (Å²) in [6.45, 7) is 0. The number of fused-ring (bicyclic) bond motifs is 1. The molecule has 0 fully saturated rings. The number of aromatic nitrogens is 3. The molecule has 0 saturated carbocycles. The minimum absolute atomic E-state index is 0.112. The van der Waals surface area contributed by atoms with Crippen LogP contribution in [0.3, 0.4) is 0 Å². The van der Waals surface area contributed by atoms with E-state index in [1.807, 2.05) is 30.3 Å². The van der Waals surface area contributed by atoms with E-state index in [0.29, 0.717) is 5.69 Å². The first-order valence-electron chi connectivity index (χ1n) is 5.05. The minimum atomic E-state index is -0.607. The second-order valence-electron chi connectivity index (χ2n) is 3.59. The molecule has 0 atom stereocenters. The summed E-state index contributed by atoms with van der Waals surface area (Å²) in [6, 6.07) is 9.21. The molecule has 0 amide bonds. The number of nitrogens with zero attached hydrogens (tertiary/aromatic N) is 3. The van der Waals surface area contributed by atoms with E-state index in [1.165, 1.54) is 16.9 Å². The number of rotatable bonds is 1. The Labute approximate surface area is 96.4 Å². The molecule has 0 unspecified atom stereocenters. The highest BCUT2D eigenvalue weighted by atomic mass is 16.2. The molecule has 1 aliphatic rings. The van der Waals surface area contributed by atoms with Crippen LogP contribution in [0, 0.1) is 0 Å². The van der Waals surface area contributed by atoms with Crippen LogP contribution in [-0.2, 0) is 4.79 Å². The molecule has 5 nitrogen and oxygen atoms in total. The van der Waals surface area contributed by atoms with Gasteiger partial charge in [0.1, 0.15) is 5.69 Å². The fraction of sp³-hybridized carbons (Fsp3) is 0. The molecule has 82 valence electrons. The van der Waals surface area contributed by atoms with Crippen molar-refractivity contribution in [3.8, 4) is 5.69 Å². The monoisotopic (exact) mass is 225 g/mol. The van der Waals surface area contributed by atoms with Crippen LogP contribution in [-0.4, -0.2) is 26.6 Å². The number of benzene rings is 1. The zero-order valence-electron chi connectivity index (χ0n) is 8.70. The molecule has 0 aliphatic heterocycles. The first-order chi connectivity index (χ1) is 8.25. The van der Waals surface area contributed by atoms with Gasteiger partial charge in [-0.15, -0.1) is 10.2 Å². The van der Waals surface area contributed by atoms with Gasteiger partial charge in [0, 0.05) is 0 Å². The first-order valence-corrected chi connectivity index (χ1v) is 5.05. The Morgan fingerprint density at radius 1 is 0.941 bits per heavy atom. The van der Waals surface area contributed by atoms with E-state index in [2.05, 4.69) is 10.2 Å². The van der Waals surface area contributed by atoms with Crippen LogP contribution in [0.25, 0.3) is 11.8 Å². The van der Waals surface area contributed by atoms with Crippen LogP contribution in [0.15, 0.2) is 36.4 Å². The SMILES string of the molecule is O=C1C=Cc2nn(-c3ccccc3)nc2C1=O. The van der Waals surface area contributed by atoms with Crippen molar-refractivity contribution in [3.05, 3.63) is 47.8 Å². The van der Waals surface area contributed by atoms with Crippen molar-refractivity contribution in [1.29, 1.82) is 0 Å². The Morgan fingerprint density at radius 2 is 1.71 bits per heavy atom. The molecule has 1 aliphatic carbocycles. The molecule has 0 saturated heterocycles. The molecule has 1 aromatic carbocycles. The van der Waals surface area contributed by atoms with Crippen LogP contribution in [0.2, 0.25) is 0 Å². The van der Waals surface area contributed by atoms with E-state index in [4.69, 9.17) is 0 Å². The van der Waals surface area contributed by atoms with E-state index < -0.39 is 11.6 Å². The van der Waals surface area contributed by atoms with E-state index in [1.54, 1.807) is 0 Å². The number of carbonyl (C=O) groups excluding carboxylic acids is 2. The van der Waals surface area contributed by atoms with Crippen molar-refractivity contribution < 1.29 is 9.59 Å². The molecule has 1 aromatic heterocycles. The fourth-order valence-electron chi connectivity index (χ4n) is 1.62. The molecular weight excluding hydrogens is 218 g/mol. The summed E-state index contributed by atoms with van der Waals surface area (Å²) in [5.41, 5.74) is 1.29. The molecule has 17 heavy (non-hydrogen) atoms. The van der Waals surface area contributed by atoms with Crippen molar-refractivity contribution in [2.24, 2.45) is 0 Å². The van der Waals surface area contributed by atoms with Gasteiger partial charge in [0.05, 0.1) is 5.69 Å². The third-order valence-electron chi connectivity index (χ3n) is 2.46. The molecule has 0 radical (unpaired) electrons. The van der Waals surface area contributed by atoms with Gasteiger partial charge < -0.3 is 0 Å². The molecule has 0 spiro atoms. The summed E-state index contributed by atoms with van der Waals surface area (Å²) < 4.78 is 0. The van der Waals surface area contributed by atoms with Gasteiger partial charge in [-0.2, -0.15) is 4.80 Å². The van der Waals surface area contributed by atoms with Crippen molar-refractivity contribution in [1.82, 2.24) is 15.0 Å². The number of Topliss-reactive ketones (excluding diaryl/α,β-unsaturated/α-hetero) is 1. The lowest BCUT2D eigenvalue weighted by Gasteiger charge is -1.96. The Morgan fingerprint density at radius 3 is 2.47 bits per heavy atom. The molecule has 0 bridgehead atoms. The predicted octanol–water partition coefficient (Wildman–Crippen LogP) is 1.05. The fourth-order valence-corrected chi connectivity index (χ4v) is 1.62. The van der Waals surface area contributed by atoms with Crippen molar-refractivity contribution in [2.45, 2.75) is 0 Å². The smallest absolute Gasteiger partial charge is 0.255 e. The van der Waals surface area contributed by atoms with E-state index in [9.17, 15) is 9.59 Å². The Hall–Kier alpha value is -2.56. The van der Waals surface area contributed by atoms with E-state index in [-0.39, 0.29) is 5.69 Å². The Balaban J connectivity index is 2.13. The molecule has 0 N–H and O–H groups in total. The number of hydrogen-bond acceptors (Lipinski definition) is 4. The quantitative estimate of drug-likeness (QED) is 0.680. The van der Waals surface area contributed by atoms with Crippen molar-refractivity contribution >= 4 is 17.6 Å². The number of hydrogen-bond donors (Lipinski definition) is 0.